The fraction of sp³-hybridized carbons (Fsp3) is 1.00. The highest BCUT2D eigenvalue weighted by atomic mass is 16.6. The molecule has 0 amide bonds. The van der Waals surface area contributed by atoms with Crippen LogP contribution >= 0.6 is 0 Å². The third-order valence-electron chi connectivity index (χ3n) is 6.08. The Kier molecular flexibility index (Phi) is 25.5. The van der Waals surface area contributed by atoms with Crippen LogP contribution in [-0.4, -0.2) is 148 Å². The van der Waals surface area contributed by atoms with E-state index in [2.05, 4.69) is 28.5 Å². The number of unbranched alkanes of at least 4 members (excludes halogenated alkanes) is 2. The van der Waals surface area contributed by atoms with Gasteiger partial charge in [-0.3, -0.25) is 14.7 Å². The molecular formula is C25H56N4O5. The van der Waals surface area contributed by atoms with E-state index in [4.69, 9.17) is 19.3 Å². The second kappa shape index (κ2) is 25.7. The lowest BCUT2D eigenvalue weighted by Gasteiger charge is -2.31. The van der Waals surface area contributed by atoms with E-state index in [9.17, 15) is 5.11 Å². The SMILES string of the molecule is CCCCCN(CC)CCN(CCN(CO)CCOCC)CCN(CCOCC)CCOCO. The Bertz CT molecular complexity index is 378. The second-order valence-corrected chi connectivity index (χ2v) is 8.52. The molecule has 2 N–H and O–H groups in total. The van der Waals surface area contributed by atoms with Crippen LogP contribution in [0, 0.1) is 0 Å². The summed E-state index contributed by atoms with van der Waals surface area (Å²) in [5.74, 6) is 0. The van der Waals surface area contributed by atoms with Crippen molar-refractivity contribution < 1.29 is 24.4 Å². The molecule has 0 aromatic rings. The van der Waals surface area contributed by atoms with Crippen molar-refractivity contribution in [2.75, 3.05) is 119 Å². The second-order valence-electron chi connectivity index (χ2n) is 8.52. The van der Waals surface area contributed by atoms with Gasteiger partial charge in [0.1, 0.15) is 6.79 Å². The van der Waals surface area contributed by atoms with Crippen molar-refractivity contribution in [1.82, 2.24) is 19.6 Å². The Labute approximate surface area is 209 Å². The molecule has 0 saturated heterocycles. The highest BCUT2D eigenvalue weighted by Crippen LogP contribution is 2.01. The largest absolute Gasteiger partial charge is 0.381 e. The minimum Gasteiger partial charge on any atom is -0.381 e. The number of hydrogen-bond acceptors (Lipinski definition) is 9. The Hall–Kier alpha value is -0.360. The molecule has 0 bridgehead atoms. The number of likely N-dealkylation sites (N-methyl/N-ethyl adjacent to an activating group) is 1. The van der Waals surface area contributed by atoms with Gasteiger partial charge in [-0.05, 0) is 33.4 Å². The van der Waals surface area contributed by atoms with E-state index in [0.29, 0.717) is 26.4 Å². The molecule has 0 radical (unpaired) electrons. The van der Waals surface area contributed by atoms with Crippen molar-refractivity contribution in [3.05, 3.63) is 0 Å². The summed E-state index contributed by atoms with van der Waals surface area (Å²) in [4.78, 5) is 9.44. The van der Waals surface area contributed by atoms with Crippen molar-refractivity contribution in [3.63, 3.8) is 0 Å². The lowest BCUT2D eigenvalue weighted by atomic mass is 10.2. The number of ether oxygens (including phenoxy) is 3. The fourth-order valence-electron chi connectivity index (χ4n) is 3.72. The molecule has 0 fully saturated rings. The molecule has 0 atom stereocenters. The van der Waals surface area contributed by atoms with Gasteiger partial charge in [0.25, 0.3) is 0 Å². The maximum absolute atomic E-state index is 9.76. The maximum atomic E-state index is 9.76. The van der Waals surface area contributed by atoms with E-state index < -0.39 is 0 Å². The summed E-state index contributed by atoms with van der Waals surface area (Å²) in [7, 11) is 0. The van der Waals surface area contributed by atoms with Gasteiger partial charge in [0.15, 0.2) is 0 Å². The molecule has 0 aliphatic rings. The first kappa shape index (κ1) is 33.6. The summed E-state index contributed by atoms with van der Waals surface area (Å²) in [6.07, 6.45) is 3.80. The first-order valence-electron chi connectivity index (χ1n) is 13.5. The molecule has 9 heteroatoms. The molecule has 0 aromatic carbocycles. The Morgan fingerprint density at radius 1 is 0.500 bits per heavy atom. The molecule has 0 saturated carbocycles. The molecule has 0 spiro atoms. The summed E-state index contributed by atoms with van der Waals surface area (Å²) in [6, 6.07) is 0. The van der Waals surface area contributed by atoms with Crippen LogP contribution in [0.5, 0.6) is 0 Å². The van der Waals surface area contributed by atoms with Crippen molar-refractivity contribution >= 4 is 0 Å². The quantitative estimate of drug-likeness (QED) is 0.131. The van der Waals surface area contributed by atoms with Gasteiger partial charge in [0.2, 0.25) is 0 Å². The van der Waals surface area contributed by atoms with Gasteiger partial charge in [0, 0.05) is 72.1 Å². The van der Waals surface area contributed by atoms with Crippen molar-refractivity contribution in [3.8, 4) is 0 Å². The van der Waals surface area contributed by atoms with E-state index in [1.165, 1.54) is 19.3 Å². The number of hydrogen-bond donors (Lipinski definition) is 2. The van der Waals surface area contributed by atoms with Gasteiger partial charge in [0.05, 0.1) is 26.6 Å². The molecule has 34 heavy (non-hydrogen) atoms. The van der Waals surface area contributed by atoms with E-state index in [0.717, 1.165) is 78.6 Å². The third kappa shape index (κ3) is 19.9. The molecule has 0 aromatic heterocycles. The summed E-state index contributed by atoms with van der Waals surface area (Å²) in [5, 5.41) is 18.7. The van der Waals surface area contributed by atoms with Gasteiger partial charge in [-0.15, -0.1) is 0 Å². The number of nitrogens with zero attached hydrogens (tertiary/aromatic N) is 4. The Morgan fingerprint density at radius 2 is 0.971 bits per heavy atom. The van der Waals surface area contributed by atoms with Crippen LogP contribution in [0.2, 0.25) is 0 Å². The predicted octanol–water partition coefficient (Wildman–Crippen LogP) is 1.39. The van der Waals surface area contributed by atoms with E-state index in [1.54, 1.807) is 0 Å². The number of aliphatic hydroxyl groups excluding tert-OH is 2. The minimum atomic E-state index is -0.241. The average Bonchev–Trinajstić information content (AvgIpc) is 2.85. The zero-order valence-electron chi connectivity index (χ0n) is 22.8. The standard InChI is InChI=1S/C25H56N4O5/c1-5-9-10-11-26(6-2)12-13-27(16-17-29(24-30)20-22-33-8-4)14-15-28(18-21-32-7-3)19-23-34-25-31/h30-31H,5-25H2,1-4H3. The lowest BCUT2D eigenvalue weighted by Crippen LogP contribution is -2.44. The van der Waals surface area contributed by atoms with Gasteiger partial charge in [-0.1, -0.05) is 26.7 Å². The lowest BCUT2D eigenvalue weighted by molar-refractivity contribution is -0.0131. The Morgan fingerprint density at radius 3 is 1.44 bits per heavy atom. The third-order valence-corrected chi connectivity index (χ3v) is 6.08. The predicted molar refractivity (Wildman–Crippen MR) is 139 cm³/mol. The molecular weight excluding hydrogens is 436 g/mol. The Balaban J connectivity index is 4.86. The highest BCUT2D eigenvalue weighted by Gasteiger charge is 2.13. The topological polar surface area (TPSA) is 81.1 Å². The zero-order valence-corrected chi connectivity index (χ0v) is 22.8. The van der Waals surface area contributed by atoms with Gasteiger partial charge >= 0.3 is 0 Å². The van der Waals surface area contributed by atoms with Crippen LogP contribution in [0.1, 0.15) is 47.0 Å². The van der Waals surface area contributed by atoms with Crippen molar-refractivity contribution in [1.29, 1.82) is 0 Å². The zero-order chi connectivity index (χ0) is 25.3. The van der Waals surface area contributed by atoms with E-state index in [1.807, 2.05) is 18.7 Å². The number of aliphatic hydroxyl groups is 2. The first-order chi connectivity index (χ1) is 16.6. The van der Waals surface area contributed by atoms with Crippen molar-refractivity contribution in [2.45, 2.75) is 47.0 Å². The van der Waals surface area contributed by atoms with Gasteiger partial charge in [-0.2, -0.15) is 0 Å². The van der Waals surface area contributed by atoms with Gasteiger partial charge < -0.3 is 29.3 Å². The van der Waals surface area contributed by atoms with Crippen LogP contribution in [0.15, 0.2) is 0 Å². The van der Waals surface area contributed by atoms with E-state index >= 15 is 0 Å². The molecule has 0 rings (SSSR count). The minimum absolute atomic E-state index is 0.0536. The summed E-state index contributed by atoms with van der Waals surface area (Å²) < 4.78 is 16.2. The van der Waals surface area contributed by atoms with Crippen LogP contribution < -0.4 is 0 Å². The summed E-state index contributed by atoms with van der Waals surface area (Å²) in [6.45, 7) is 21.9. The smallest absolute Gasteiger partial charge is 0.143 e. The maximum Gasteiger partial charge on any atom is 0.143 e. The van der Waals surface area contributed by atoms with Crippen LogP contribution in [0.4, 0.5) is 0 Å². The molecule has 0 aliphatic carbocycles. The van der Waals surface area contributed by atoms with Crippen molar-refractivity contribution in [2.24, 2.45) is 0 Å². The molecule has 0 unspecified atom stereocenters. The highest BCUT2D eigenvalue weighted by molar-refractivity contribution is 4.69. The van der Waals surface area contributed by atoms with Crippen LogP contribution in [0.3, 0.4) is 0 Å². The first-order valence-corrected chi connectivity index (χ1v) is 13.5. The average molecular weight is 493 g/mol. The molecule has 0 aliphatic heterocycles. The number of rotatable bonds is 27. The van der Waals surface area contributed by atoms with Crippen LogP contribution in [-0.2, 0) is 14.2 Å². The normalized spacial score (nSPS) is 12.2. The van der Waals surface area contributed by atoms with Gasteiger partial charge in [-0.25, -0.2) is 0 Å². The monoisotopic (exact) mass is 492 g/mol. The fourth-order valence-corrected chi connectivity index (χ4v) is 3.72. The molecule has 0 heterocycles. The van der Waals surface area contributed by atoms with Crippen LogP contribution in [0.25, 0.3) is 0 Å². The summed E-state index contributed by atoms with van der Waals surface area (Å²) >= 11 is 0. The van der Waals surface area contributed by atoms with E-state index in [-0.39, 0.29) is 13.5 Å². The molecule has 9 nitrogen and oxygen atoms in total. The molecule has 206 valence electrons. The summed E-state index contributed by atoms with van der Waals surface area (Å²) in [5.41, 5.74) is 0.